The molecule has 2 aliphatic rings. The van der Waals surface area contributed by atoms with E-state index in [9.17, 15) is 0 Å². The molecule has 8 aromatic rings. The smallest absolute Gasteiger partial charge is 0.0629 e. The molecule has 1 aliphatic carbocycles. The van der Waals surface area contributed by atoms with Crippen molar-refractivity contribution in [1.29, 1.82) is 0 Å². The van der Waals surface area contributed by atoms with Gasteiger partial charge in [-0.3, -0.25) is 0 Å². The van der Waals surface area contributed by atoms with E-state index in [-0.39, 0.29) is 11.5 Å². The van der Waals surface area contributed by atoms with Gasteiger partial charge in [-0.25, -0.2) is 0 Å². The summed E-state index contributed by atoms with van der Waals surface area (Å²) >= 11 is 0. The fraction of sp³-hybridized carbons (Fsp3) is 0.115. The number of nitrogens with zero attached hydrogens (tertiary/aromatic N) is 3. The fourth-order valence-corrected chi connectivity index (χ4v) is 8.75. The molecule has 3 nitrogen and oxygen atoms in total. The highest BCUT2D eigenvalue weighted by Crippen LogP contribution is 2.50. The zero-order valence-corrected chi connectivity index (χ0v) is 31.5. The van der Waals surface area contributed by atoms with E-state index in [1.165, 1.54) is 61.1 Å². The molecule has 0 N–H and O–H groups in total. The van der Waals surface area contributed by atoms with Crippen LogP contribution >= 0.6 is 0 Å². The molecule has 0 fully saturated rings. The van der Waals surface area contributed by atoms with Crippen LogP contribution in [-0.2, 0) is 0 Å². The second-order valence-corrected chi connectivity index (χ2v) is 15.8. The summed E-state index contributed by atoms with van der Waals surface area (Å²) < 4.78 is 2.37. The summed E-state index contributed by atoms with van der Waals surface area (Å²) in [7, 11) is 0. The summed E-state index contributed by atoms with van der Waals surface area (Å²) in [4.78, 5) is 4.87. The summed E-state index contributed by atoms with van der Waals surface area (Å²) in [5, 5.41) is 2.52. The second kappa shape index (κ2) is 13.1. The molecule has 55 heavy (non-hydrogen) atoms. The third-order valence-electron chi connectivity index (χ3n) is 11.5. The number of rotatable bonds is 6. The van der Waals surface area contributed by atoms with E-state index in [0.717, 1.165) is 17.1 Å². The van der Waals surface area contributed by atoms with Crippen molar-refractivity contribution in [2.75, 3.05) is 9.80 Å². The van der Waals surface area contributed by atoms with Crippen LogP contribution in [0.25, 0.3) is 38.6 Å². The molecule has 0 amide bonds. The largest absolute Gasteiger partial charge is 0.333 e. The third-order valence-corrected chi connectivity index (χ3v) is 11.5. The summed E-state index contributed by atoms with van der Waals surface area (Å²) in [6.07, 6.45) is 7.26. The van der Waals surface area contributed by atoms with Crippen LogP contribution in [0.15, 0.2) is 200 Å². The topological polar surface area (TPSA) is 11.4 Å². The normalized spacial score (nSPS) is 16.3. The number of aromatic nitrogens is 1. The van der Waals surface area contributed by atoms with Crippen molar-refractivity contribution >= 4 is 50.2 Å². The van der Waals surface area contributed by atoms with Gasteiger partial charge in [-0.15, -0.1) is 0 Å². The van der Waals surface area contributed by atoms with Crippen LogP contribution < -0.4 is 9.80 Å². The maximum atomic E-state index is 2.52. The van der Waals surface area contributed by atoms with Gasteiger partial charge in [0.15, 0.2) is 0 Å². The Hall–Kier alpha value is -6.58. The Morgan fingerprint density at radius 2 is 1.11 bits per heavy atom. The molecule has 0 radical (unpaired) electrons. The lowest BCUT2D eigenvalue weighted by Gasteiger charge is -2.32. The number of para-hydroxylation sites is 4. The van der Waals surface area contributed by atoms with E-state index in [0.29, 0.717) is 5.92 Å². The minimum atomic E-state index is 0.114. The molecule has 0 bridgehead atoms. The third kappa shape index (κ3) is 5.66. The lowest BCUT2D eigenvalue weighted by atomic mass is 9.78. The molecule has 0 spiro atoms. The highest BCUT2D eigenvalue weighted by atomic mass is 15.2. The molecule has 1 aliphatic heterocycles. The van der Waals surface area contributed by atoms with Gasteiger partial charge in [-0.2, -0.15) is 0 Å². The lowest BCUT2D eigenvalue weighted by Crippen LogP contribution is -2.30. The predicted octanol–water partition coefficient (Wildman–Crippen LogP) is 14.1. The number of anilines is 5. The summed E-state index contributed by atoms with van der Waals surface area (Å²) in [6, 6.07) is 64.2. The first-order valence-corrected chi connectivity index (χ1v) is 19.4. The van der Waals surface area contributed by atoms with E-state index >= 15 is 0 Å². The molecular formula is C52H43N3. The average molecular weight is 710 g/mol. The molecule has 2 atom stereocenters. The molecule has 266 valence electrons. The Labute approximate surface area is 323 Å². The highest BCUT2D eigenvalue weighted by Gasteiger charge is 2.39. The molecular weight excluding hydrogens is 667 g/mol. The van der Waals surface area contributed by atoms with Crippen LogP contribution in [0.1, 0.15) is 32.3 Å². The first-order chi connectivity index (χ1) is 26.9. The van der Waals surface area contributed by atoms with Crippen LogP contribution in [0.3, 0.4) is 0 Å². The van der Waals surface area contributed by atoms with Crippen molar-refractivity contribution in [3.05, 3.63) is 205 Å². The number of benzene rings is 7. The van der Waals surface area contributed by atoms with E-state index in [1.807, 2.05) is 0 Å². The Morgan fingerprint density at radius 1 is 0.509 bits per heavy atom. The summed E-state index contributed by atoms with van der Waals surface area (Å²) in [6.45, 7) is 6.91. The monoisotopic (exact) mass is 709 g/mol. The number of fused-ring (bicyclic) bond motifs is 6. The van der Waals surface area contributed by atoms with E-state index < -0.39 is 0 Å². The van der Waals surface area contributed by atoms with E-state index in [4.69, 9.17) is 0 Å². The SMILES string of the molecule is CC(C)(C)C1=CC2c3ccccc3N(c3ccc(N(c4ccccc4)c4ccc(-c5ccc6c(c5)c5ccccc5n6-c5ccccc5)cc4)cc3)C2C=C1. The first-order valence-electron chi connectivity index (χ1n) is 19.4. The number of hydrogen-bond donors (Lipinski definition) is 0. The van der Waals surface area contributed by atoms with Gasteiger partial charge in [0.2, 0.25) is 0 Å². The van der Waals surface area contributed by atoms with Gasteiger partial charge < -0.3 is 14.4 Å². The van der Waals surface area contributed by atoms with Crippen LogP contribution in [0, 0.1) is 5.41 Å². The molecule has 3 heteroatoms. The molecule has 0 saturated carbocycles. The standard InChI is InChI=1S/C52H43N3/c1-52(2,3)38-25-33-51-47(35-38)45-19-11-13-21-49(45)55(51)43-30-28-42(29-31-43)53(39-14-6-4-7-15-39)41-26-22-36(23-27-41)37-24-32-50-46(34-37)44-18-10-12-20-48(44)54(50)40-16-8-5-9-17-40/h4-35,47,51H,1-3H3. The van der Waals surface area contributed by atoms with Gasteiger partial charge in [0, 0.05) is 50.8 Å². The molecule has 10 rings (SSSR count). The van der Waals surface area contributed by atoms with E-state index in [1.54, 1.807) is 0 Å². The fourth-order valence-electron chi connectivity index (χ4n) is 8.75. The minimum absolute atomic E-state index is 0.114. The Bertz CT molecular complexity index is 2730. The lowest BCUT2D eigenvalue weighted by molar-refractivity contribution is 0.507. The van der Waals surface area contributed by atoms with Crippen molar-refractivity contribution in [3.63, 3.8) is 0 Å². The second-order valence-electron chi connectivity index (χ2n) is 15.8. The number of hydrogen-bond acceptors (Lipinski definition) is 2. The van der Waals surface area contributed by atoms with Gasteiger partial charge in [-0.05, 0) is 113 Å². The van der Waals surface area contributed by atoms with E-state index in [2.05, 4.69) is 229 Å². The van der Waals surface area contributed by atoms with Crippen molar-refractivity contribution in [2.45, 2.75) is 32.7 Å². The van der Waals surface area contributed by atoms with Crippen molar-refractivity contribution in [1.82, 2.24) is 4.57 Å². The van der Waals surface area contributed by atoms with Crippen LogP contribution in [0.2, 0.25) is 0 Å². The molecule has 2 unspecified atom stereocenters. The Kier molecular flexibility index (Phi) is 7.85. The molecule has 2 heterocycles. The Morgan fingerprint density at radius 3 is 1.85 bits per heavy atom. The maximum absolute atomic E-state index is 2.52. The van der Waals surface area contributed by atoms with Gasteiger partial charge >= 0.3 is 0 Å². The van der Waals surface area contributed by atoms with Crippen molar-refractivity contribution in [2.24, 2.45) is 5.41 Å². The molecule has 7 aromatic carbocycles. The van der Waals surface area contributed by atoms with Crippen LogP contribution in [0.5, 0.6) is 0 Å². The highest BCUT2D eigenvalue weighted by molar-refractivity contribution is 6.10. The molecule has 1 aromatic heterocycles. The maximum Gasteiger partial charge on any atom is 0.0629 e. The summed E-state index contributed by atoms with van der Waals surface area (Å²) in [5.74, 6) is 0.331. The van der Waals surface area contributed by atoms with Gasteiger partial charge in [0.05, 0.1) is 17.1 Å². The van der Waals surface area contributed by atoms with Crippen molar-refractivity contribution in [3.8, 4) is 16.8 Å². The quantitative estimate of drug-likeness (QED) is 0.170. The van der Waals surface area contributed by atoms with Gasteiger partial charge in [0.25, 0.3) is 0 Å². The average Bonchev–Trinajstić information content (AvgIpc) is 3.74. The zero-order valence-electron chi connectivity index (χ0n) is 31.5. The predicted molar refractivity (Wildman–Crippen MR) is 233 cm³/mol. The van der Waals surface area contributed by atoms with Gasteiger partial charge in [-0.1, -0.05) is 130 Å². The van der Waals surface area contributed by atoms with Crippen molar-refractivity contribution < 1.29 is 0 Å². The van der Waals surface area contributed by atoms with Gasteiger partial charge in [0.1, 0.15) is 0 Å². The zero-order chi connectivity index (χ0) is 37.1. The Balaban J connectivity index is 0.992. The van der Waals surface area contributed by atoms with Crippen LogP contribution in [0.4, 0.5) is 28.4 Å². The molecule has 0 saturated heterocycles. The van der Waals surface area contributed by atoms with Crippen LogP contribution in [-0.4, -0.2) is 10.6 Å². The summed E-state index contributed by atoms with van der Waals surface area (Å²) in [5.41, 5.74) is 14.8. The number of allylic oxidation sites excluding steroid dienone is 2. The first kappa shape index (κ1) is 33.0. The minimum Gasteiger partial charge on any atom is -0.333 e.